The lowest BCUT2D eigenvalue weighted by Crippen LogP contribution is -2.49. The molecule has 32 heavy (non-hydrogen) atoms. The summed E-state index contributed by atoms with van der Waals surface area (Å²) in [6.07, 6.45) is 10.4. The number of aliphatic imine (C=N–C) groups is 1. The number of piperidine rings is 1. The number of hydrogen-bond acceptors (Lipinski definition) is 5. The first kappa shape index (κ1) is 25.7. The molecule has 0 bridgehead atoms. The number of fused-ring (bicyclic) bond motifs is 1. The van der Waals surface area contributed by atoms with E-state index in [4.69, 9.17) is 9.73 Å². The van der Waals surface area contributed by atoms with Gasteiger partial charge in [0.15, 0.2) is 5.96 Å². The number of guanidine groups is 1. The van der Waals surface area contributed by atoms with Crippen molar-refractivity contribution in [3.8, 4) is 0 Å². The van der Waals surface area contributed by atoms with Crippen molar-refractivity contribution < 1.29 is 4.74 Å². The van der Waals surface area contributed by atoms with Crippen LogP contribution in [0.3, 0.4) is 0 Å². The van der Waals surface area contributed by atoms with Crippen LogP contribution in [0.2, 0.25) is 0 Å². The predicted octanol–water partition coefficient (Wildman–Crippen LogP) is 2.61. The van der Waals surface area contributed by atoms with Gasteiger partial charge in [-0.25, -0.2) is 0 Å². The zero-order valence-electron chi connectivity index (χ0n) is 19.7. The van der Waals surface area contributed by atoms with Crippen molar-refractivity contribution >= 4 is 29.9 Å². The smallest absolute Gasteiger partial charge is 0.191 e. The number of likely N-dealkylation sites (tertiary alicyclic amines) is 1. The lowest BCUT2D eigenvalue weighted by Gasteiger charge is -2.34. The minimum absolute atomic E-state index is 0. The van der Waals surface area contributed by atoms with E-state index in [1.54, 1.807) is 0 Å². The highest BCUT2D eigenvalue weighted by atomic mass is 127. The summed E-state index contributed by atoms with van der Waals surface area (Å²) in [6.45, 7) is 10.4. The van der Waals surface area contributed by atoms with E-state index >= 15 is 0 Å². The van der Waals surface area contributed by atoms with Gasteiger partial charge in [0.2, 0.25) is 0 Å². The topological polar surface area (TPSA) is 79.6 Å². The fourth-order valence-electron chi connectivity index (χ4n) is 5.02. The molecule has 1 unspecified atom stereocenters. The number of nitrogens with zero attached hydrogens (tertiary/aromatic N) is 5. The number of aromatic nitrogens is 3. The quantitative estimate of drug-likeness (QED) is 0.221. The second-order valence-electron chi connectivity index (χ2n) is 9.31. The van der Waals surface area contributed by atoms with Crippen LogP contribution >= 0.6 is 24.0 Å². The summed E-state index contributed by atoms with van der Waals surface area (Å²) in [5.74, 6) is 4.02. The average Bonchev–Trinajstić information content (AvgIpc) is 3.36. The van der Waals surface area contributed by atoms with Crippen LogP contribution in [0.15, 0.2) is 4.99 Å². The maximum absolute atomic E-state index is 5.53. The number of hydrogen-bond donors (Lipinski definition) is 2. The van der Waals surface area contributed by atoms with Gasteiger partial charge >= 0.3 is 0 Å². The van der Waals surface area contributed by atoms with Crippen molar-refractivity contribution in [1.82, 2.24) is 30.3 Å². The highest BCUT2D eigenvalue weighted by molar-refractivity contribution is 14.0. The van der Waals surface area contributed by atoms with Crippen LogP contribution in [-0.4, -0.2) is 77.6 Å². The van der Waals surface area contributed by atoms with Crippen molar-refractivity contribution in [2.45, 2.75) is 77.3 Å². The van der Waals surface area contributed by atoms with Crippen LogP contribution in [-0.2, 0) is 24.1 Å². The van der Waals surface area contributed by atoms with Gasteiger partial charge in [0.1, 0.15) is 11.6 Å². The molecule has 9 heteroatoms. The first-order chi connectivity index (χ1) is 15.3. The van der Waals surface area contributed by atoms with Crippen molar-refractivity contribution in [1.29, 1.82) is 0 Å². The summed E-state index contributed by atoms with van der Waals surface area (Å²) in [5.41, 5.74) is 0. The van der Waals surface area contributed by atoms with Gasteiger partial charge in [-0.15, -0.1) is 34.2 Å². The second kappa shape index (κ2) is 13.7. The van der Waals surface area contributed by atoms with Crippen LogP contribution in [0.5, 0.6) is 0 Å². The highest BCUT2D eigenvalue weighted by Gasteiger charge is 2.24. The van der Waals surface area contributed by atoms with Gasteiger partial charge in [-0.3, -0.25) is 4.99 Å². The van der Waals surface area contributed by atoms with Crippen LogP contribution in [0.25, 0.3) is 0 Å². The Bertz CT molecular complexity index is 697. The molecule has 4 rings (SSSR count). The zero-order chi connectivity index (χ0) is 21.3. The Morgan fingerprint density at radius 3 is 2.78 bits per heavy atom. The number of halogens is 1. The standard InChI is InChI=1S/C23H41N7O.HI/c1-2-24-23(26-20-9-14-29(15-10-20)17-19-11-16-31-18-19)25-12-6-8-22-28-27-21-7-4-3-5-13-30(21)22;/h19-20H,2-18H2,1H3,(H2,24,25,26);1H. The molecule has 0 aromatic carbocycles. The highest BCUT2D eigenvalue weighted by Crippen LogP contribution is 2.18. The number of nitrogens with one attached hydrogen (secondary N) is 2. The van der Waals surface area contributed by atoms with Crippen LogP contribution < -0.4 is 10.6 Å². The molecule has 1 aromatic heterocycles. The largest absolute Gasteiger partial charge is 0.381 e. The Morgan fingerprint density at radius 2 is 2.00 bits per heavy atom. The van der Waals surface area contributed by atoms with Gasteiger partial charge in [-0.2, -0.15) is 0 Å². The molecule has 3 aliphatic heterocycles. The second-order valence-corrected chi connectivity index (χ2v) is 9.31. The van der Waals surface area contributed by atoms with Crippen molar-refractivity contribution in [3.05, 3.63) is 11.6 Å². The summed E-state index contributed by atoms with van der Waals surface area (Å²) in [7, 11) is 0. The minimum atomic E-state index is 0. The van der Waals surface area contributed by atoms with Crippen LogP contribution in [0.4, 0.5) is 0 Å². The van der Waals surface area contributed by atoms with E-state index in [0.29, 0.717) is 6.04 Å². The summed E-state index contributed by atoms with van der Waals surface area (Å²) < 4.78 is 7.88. The molecule has 0 radical (unpaired) electrons. The van der Waals surface area contributed by atoms with E-state index in [2.05, 4.69) is 37.2 Å². The van der Waals surface area contributed by atoms with Crippen molar-refractivity contribution in [3.63, 3.8) is 0 Å². The minimum Gasteiger partial charge on any atom is -0.381 e. The number of aryl methyl sites for hydroxylation is 2. The van der Waals surface area contributed by atoms with Crippen molar-refractivity contribution in [2.75, 3.05) is 45.9 Å². The first-order valence-corrected chi connectivity index (χ1v) is 12.6. The normalized spacial score (nSPS) is 22.8. The Kier molecular flexibility index (Phi) is 11.0. The van der Waals surface area contributed by atoms with E-state index < -0.39 is 0 Å². The van der Waals surface area contributed by atoms with Gasteiger partial charge in [0, 0.05) is 64.8 Å². The molecule has 182 valence electrons. The molecule has 2 fully saturated rings. The molecule has 1 atom stereocenters. The molecule has 2 saturated heterocycles. The van der Waals surface area contributed by atoms with Gasteiger partial charge < -0.3 is 24.8 Å². The Balaban J connectivity index is 0.00000289. The van der Waals surface area contributed by atoms with Crippen molar-refractivity contribution in [2.24, 2.45) is 10.9 Å². The number of ether oxygens (including phenoxy) is 1. The van der Waals surface area contributed by atoms with Gasteiger partial charge in [0.05, 0.1) is 6.61 Å². The summed E-state index contributed by atoms with van der Waals surface area (Å²) in [5, 5.41) is 16.0. The summed E-state index contributed by atoms with van der Waals surface area (Å²) in [4.78, 5) is 7.46. The third-order valence-corrected chi connectivity index (χ3v) is 6.83. The Morgan fingerprint density at radius 1 is 1.12 bits per heavy atom. The molecular weight excluding hydrogens is 517 g/mol. The third-order valence-electron chi connectivity index (χ3n) is 6.83. The predicted molar refractivity (Wildman–Crippen MR) is 139 cm³/mol. The van der Waals surface area contributed by atoms with Crippen LogP contribution in [0, 0.1) is 5.92 Å². The molecule has 8 nitrogen and oxygen atoms in total. The molecule has 0 spiro atoms. The fraction of sp³-hybridized carbons (Fsp3) is 0.870. The fourth-order valence-corrected chi connectivity index (χ4v) is 5.02. The van der Waals surface area contributed by atoms with Gasteiger partial charge in [0.25, 0.3) is 0 Å². The Hall–Kier alpha value is -0.940. The summed E-state index contributed by atoms with van der Waals surface area (Å²) >= 11 is 0. The molecule has 3 aliphatic rings. The lowest BCUT2D eigenvalue weighted by atomic mass is 10.0. The van der Waals surface area contributed by atoms with Crippen LogP contribution in [0.1, 0.15) is 63.5 Å². The maximum atomic E-state index is 5.53. The molecule has 2 N–H and O–H groups in total. The van der Waals surface area contributed by atoms with Gasteiger partial charge in [-0.05, 0) is 51.4 Å². The third kappa shape index (κ3) is 7.55. The monoisotopic (exact) mass is 559 g/mol. The molecular formula is C23H42IN7O. The van der Waals surface area contributed by atoms with Gasteiger partial charge in [-0.1, -0.05) is 6.42 Å². The SMILES string of the molecule is CCNC(=NCCCc1nnc2n1CCCCC2)NC1CCN(CC2CCOC2)CC1.I. The molecule has 0 amide bonds. The first-order valence-electron chi connectivity index (χ1n) is 12.6. The molecule has 0 saturated carbocycles. The molecule has 1 aromatic rings. The molecule has 4 heterocycles. The van der Waals surface area contributed by atoms with E-state index in [1.165, 1.54) is 64.0 Å². The van der Waals surface area contributed by atoms with E-state index in [9.17, 15) is 0 Å². The summed E-state index contributed by atoms with van der Waals surface area (Å²) in [6, 6.07) is 0.515. The lowest BCUT2D eigenvalue weighted by molar-refractivity contribution is 0.150. The van der Waals surface area contributed by atoms with E-state index in [1.807, 2.05) is 0 Å². The van der Waals surface area contributed by atoms with E-state index in [-0.39, 0.29) is 24.0 Å². The Labute approximate surface area is 210 Å². The average molecular weight is 560 g/mol. The number of rotatable bonds is 8. The van der Waals surface area contributed by atoms with E-state index in [0.717, 1.165) is 69.8 Å². The molecule has 0 aliphatic carbocycles. The zero-order valence-corrected chi connectivity index (χ0v) is 22.1. The maximum Gasteiger partial charge on any atom is 0.191 e.